The van der Waals surface area contributed by atoms with Crippen LogP contribution in [0.25, 0.3) is 11.0 Å². The molecule has 1 aliphatic heterocycles. The third-order valence-corrected chi connectivity index (χ3v) is 5.37. The second-order valence-corrected chi connectivity index (χ2v) is 7.65. The number of furan rings is 1. The molecular weight excluding hydrogens is 385 g/mol. The second kappa shape index (κ2) is 8.67. The number of aryl methyl sites for hydroxylation is 1. The Morgan fingerprint density at radius 2 is 1.80 bits per heavy atom. The van der Waals surface area contributed by atoms with Crippen molar-refractivity contribution in [1.29, 1.82) is 0 Å². The fraction of sp³-hybridized carbons (Fsp3) is 0.304. The number of halogens is 1. The Kier molecular flexibility index (Phi) is 5.81. The lowest BCUT2D eigenvalue weighted by atomic mass is 10.1. The predicted octanol–water partition coefficient (Wildman–Crippen LogP) is 3.21. The Morgan fingerprint density at radius 3 is 2.53 bits per heavy atom. The van der Waals surface area contributed by atoms with Gasteiger partial charge >= 0.3 is 0 Å². The first-order chi connectivity index (χ1) is 14.5. The van der Waals surface area contributed by atoms with Gasteiger partial charge in [-0.15, -0.1) is 0 Å². The number of piperazine rings is 1. The van der Waals surface area contributed by atoms with Gasteiger partial charge in [0.1, 0.15) is 11.4 Å². The van der Waals surface area contributed by atoms with Crippen LogP contribution in [0.2, 0.25) is 0 Å². The summed E-state index contributed by atoms with van der Waals surface area (Å²) in [5.74, 6) is -0.428. The van der Waals surface area contributed by atoms with Crippen molar-refractivity contribution in [2.45, 2.75) is 13.3 Å². The van der Waals surface area contributed by atoms with Crippen LogP contribution < -0.4 is 5.32 Å². The molecule has 1 aromatic heterocycles. The van der Waals surface area contributed by atoms with Crippen LogP contribution in [0.4, 0.5) is 10.1 Å². The number of nitrogens with one attached hydrogen (secondary N) is 1. The molecule has 2 heterocycles. The van der Waals surface area contributed by atoms with Crippen LogP contribution in [0.3, 0.4) is 0 Å². The van der Waals surface area contributed by atoms with E-state index in [1.165, 1.54) is 24.3 Å². The number of hydrogen-bond acceptors (Lipinski definition) is 4. The summed E-state index contributed by atoms with van der Waals surface area (Å²) in [5, 5.41) is 3.74. The molecule has 0 bridgehead atoms. The smallest absolute Gasteiger partial charge is 0.238 e. The zero-order chi connectivity index (χ0) is 21.1. The summed E-state index contributed by atoms with van der Waals surface area (Å²) in [7, 11) is 0. The van der Waals surface area contributed by atoms with E-state index in [1.807, 2.05) is 34.9 Å². The van der Waals surface area contributed by atoms with Gasteiger partial charge in [0.2, 0.25) is 11.8 Å². The van der Waals surface area contributed by atoms with Crippen molar-refractivity contribution in [2.24, 2.45) is 0 Å². The number of nitrogens with zero attached hydrogens (tertiary/aromatic N) is 2. The van der Waals surface area contributed by atoms with Gasteiger partial charge in [-0.05, 0) is 42.8 Å². The zero-order valence-electron chi connectivity index (χ0n) is 16.9. The van der Waals surface area contributed by atoms with E-state index in [0.717, 1.165) is 22.1 Å². The van der Waals surface area contributed by atoms with Crippen molar-refractivity contribution in [3.63, 3.8) is 0 Å². The van der Waals surface area contributed by atoms with Gasteiger partial charge in [0, 0.05) is 42.8 Å². The molecule has 1 saturated heterocycles. The quantitative estimate of drug-likeness (QED) is 0.703. The van der Waals surface area contributed by atoms with Crippen LogP contribution in [-0.4, -0.2) is 54.3 Å². The summed E-state index contributed by atoms with van der Waals surface area (Å²) in [5.41, 5.74) is 3.39. The van der Waals surface area contributed by atoms with E-state index < -0.39 is 0 Å². The summed E-state index contributed by atoms with van der Waals surface area (Å²) >= 11 is 0. The van der Waals surface area contributed by atoms with E-state index in [4.69, 9.17) is 4.42 Å². The summed E-state index contributed by atoms with van der Waals surface area (Å²) in [6, 6.07) is 11.7. The number of amides is 2. The van der Waals surface area contributed by atoms with Gasteiger partial charge in [-0.1, -0.05) is 12.1 Å². The molecule has 0 saturated carbocycles. The first-order valence-electron chi connectivity index (χ1n) is 10.0. The van der Waals surface area contributed by atoms with Crippen molar-refractivity contribution in [3.05, 3.63) is 65.7 Å². The van der Waals surface area contributed by atoms with E-state index in [2.05, 4.69) is 5.32 Å². The number of carbonyl (C=O) groups is 2. The fourth-order valence-electron chi connectivity index (χ4n) is 3.69. The van der Waals surface area contributed by atoms with Gasteiger partial charge in [-0.2, -0.15) is 0 Å². The zero-order valence-corrected chi connectivity index (χ0v) is 16.9. The van der Waals surface area contributed by atoms with Crippen molar-refractivity contribution < 1.29 is 18.4 Å². The molecule has 2 aromatic carbocycles. The van der Waals surface area contributed by atoms with Gasteiger partial charge in [-0.3, -0.25) is 14.5 Å². The van der Waals surface area contributed by atoms with Gasteiger partial charge in [0.25, 0.3) is 0 Å². The third kappa shape index (κ3) is 4.68. The Balaban J connectivity index is 1.27. The van der Waals surface area contributed by atoms with Crippen molar-refractivity contribution in [2.75, 3.05) is 38.0 Å². The summed E-state index contributed by atoms with van der Waals surface area (Å²) in [6.07, 6.45) is 1.97. The largest absolute Gasteiger partial charge is 0.464 e. The second-order valence-electron chi connectivity index (χ2n) is 7.65. The molecule has 4 rings (SSSR count). The van der Waals surface area contributed by atoms with Crippen molar-refractivity contribution in [3.8, 4) is 0 Å². The van der Waals surface area contributed by atoms with Gasteiger partial charge in [0.05, 0.1) is 19.2 Å². The molecule has 30 heavy (non-hydrogen) atoms. The molecular formula is C23H24FN3O3. The third-order valence-electron chi connectivity index (χ3n) is 5.37. The number of fused-ring (bicyclic) bond motifs is 1. The number of hydrogen-bond donors (Lipinski definition) is 1. The Labute approximate surface area is 174 Å². The molecule has 3 aromatic rings. The molecule has 0 radical (unpaired) electrons. The average Bonchev–Trinajstić information content (AvgIpc) is 3.12. The minimum absolute atomic E-state index is 0.0636. The highest BCUT2D eigenvalue weighted by Gasteiger charge is 2.23. The lowest BCUT2D eigenvalue weighted by Gasteiger charge is -2.34. The minimum Gasteiger partial charge on any atom is -0.464 e. The molecule has 2 amide bonds. The molecule has 1 N–H and O–H groups in total. The van der Waals surface area contributed by atoms with Crippen LogP contribution in [0.5, 0.6) is 0 Å². The minimum atomic E-state index is -0.340. The summed E-state index contributed by atoms with van der Waals surface area (Å²) < 4.78 is 18.5. The van der Waals surface area contributed by atoms with Crippen LogP contribution in [-0.2, 0) is 16.0 Å². The Morgan fingerprint density at radius 1 is 1.07 bits per heavy atom. The van der Waals surface area contributed by atoms with E-state index in [9.17, 15) is 14.0 Å². The van der Waals surface area contributed by atoms with Crippen molar-refractivity contribution in [1.82, 2.24) is 9.80 Å². The van der Waals surface area contributed by atoms with Gasteiger partial charge < -0.3 is 14.6 Å². The van der Waals surface area contributed by atoms with E-state index in [1.54, 1.807) is 6.26 Å². The van der Waals surface area contributed by atoms with Gasteiger partial charge in [0.15, 0.2) is 0 Å². The molecule has 7 heteroatoms. The first kappa shape index (κ1) is 20.1. The predicted molar refractivity (Wildman–Crippen MR) is 113 cm³/mol. The Bertz CT molecular complexity index is 1050. The topological polar surface area (TPSA) is 65.8 Å². The average molecular weight is 409 g/mol. The summed E-state index contributed by atoms with van der Waals surface area (Å²) in [6.45, 7) is 4.67. The maximum absolute atomic E-state index is 13.0. The fourth-order valence-corrected chi connectivity index (χ4v) is 3.69. The molecule has 1 fully saturated rings. The number of anilines is 1. The number of rotatable bonds is 5. The number of carbonyl (C=O) groups excluding carboxylic acids is 2. The monoisotopic (exact) mass is 409 g/mol. The highest BCUT2D eigenvalue weighted by Crippen LogP contribution is 2.23. The molecule has 156 valence electrons. The van der Waals surface area contributed by atoms with Crippen LogP contribution in [0.1, 0.15) is 11.1 Å². The SMILES string of the molecule is Cc1ccc2c(CC(=O)N3CCN(CC(=O)Nc4ccc(F)cc4)CC3)coc2c1. The van der Waals surface area contributed by atoms with Crippen LogP contribution in [0.15, 0.2) is 53.1 Å². The highest BCUT2D eigenvalue weighted by molar-refractivity contribution is 5.92. The normalized spacial score (nSPS) is 14.8. The van der Waals surface area contributed by atoms with E-state index >= 15 is 0 Å². The first-order valence-corrected chi connectivity index (χ1v) is 10.0. The van der Waals surface area contributed by atoms with E-state index in [0.29, 0.717) is 38.3 Å². The standard InChI is InChI=1S/C23H24FN3O3/c1-16-2-7-20-17(15-30-21(20)12-16)13-23(29)27-10-8-26(9-11-27)14-22(28)25-19-5-3-18(24)4-6-19/h2-7,12,15H,8-11,13-14H2,1H3,(H,25,28). The van der Waals surface area contributed by atoms with E-state index in [-0.39, 0.29) is 24.2 Å². The molecule has 1 aliphatic rings. The lowest BCUT2D eigenvalue weighted by molar-refractivity contribution is -0.132. The molecule has 0 spiro atoms. The molecule has 0 atom stereocenters. The van der Waals surface area contributed by atoms with Crippen LogP contribution >= 0.6 is 0 Å². The number of benzene rings is 2. The lowest BCUT2D eigenvalue weighted by Crippen LogP contribution is -2.50. The molecule has 0 unspecified atom stereocenters. The molecule has 6 nitrogen and oxygen atoms in total. The maximum atomic E-state index is 13.0. The van der Waals surface area contributed by atoms with Gasteiger partial charge in [-0.25, -0.2) is 4.39 Å². The Hall–Kier alpha value is -3.19. The molecule has 0 aliphatic carbocycles. The summed E-state index contributed by atoms with van der Waals surface area (Å²) in [4.78, 5) is 28.8. The maximum Gasteiger partial charge on any atom is 0.238 e. The van der Waals surface area contributed by atoms with Crippen LogP contribution in [0, 0.1) is 12.7 Å². The highest BCUT2D eigenvalue weighted by atomic mass is 19.1. The van der Waals surface area contributed by atoms with Crippen molar-refractivity contribution >= 4 is 28.5 Å².